The van der Waals surface area contributed by atoms with Crippen LogP contribution in [0.2, 0.25) is 0 Å². The molecule has 0 aromatic heterocycles. The first-order valence-corrected chi connectivity index (χ1v) is 6.17. The van der Waals surface area contributed by atoms with Crippen molar-refractivity contribution in [3.8, 4) is 0 Å². The lowest BCUT2D eigenvalue weighted by molar-refractivity contribution is 0.0519. The summed E-state index contributed by atoms with van der Waals surface area (Å²) in [5.41, 5.74) is 6.94. The van der Waals surface area contributed by atoms with Crippen molar-refractivity contribution in [2.75, 3.05) is 6.54 Å². The van der Waals surface area contributed by atoms with E-state index in [9.17, 15) is 5.11 Å². The Balaban J connectivity index is 2.49. The van der Waals surface area contributed by atoms with Gasteiger partial charge < -0.3 is 10.8 Å². The van der Waals surface area contributed by atoms with Gasteiger partial charge in [0.1, 0.15) is 0 Å². The van der Waals surface area contributed by atoms with E-state index in [1.165, 1.54) is 0 Å². The van der Waals surface area contributed by atoms with E-state index >= 15 is 0 Å². The molecule has 2 aromatic rings. The monoisotopic (exact) mass is 241 g/mol. The summed E-state index contributed by atoms with van der Waals surface area (Å²) in [6.45, 7) is 2.01. The Hall–Kier alpha value is -1.64. The van der Waals surface area contributed by atoms with Gasteiger partial charge >= 0.3 is 0 Å². The molecule has 2 rings (SSSR count). The van der Waals surface area contributed by atoms with Gasteiger partial charge in [0.2, 0.25) is 0 Å². The summed E-state index contributed by atoms with van der Waals surface area (Å²) >= 11 is 0. The van der Waals surface area contributed by atoms with Gasteiger partial charge in [-0.25, -0.2) is 0 Å². The van der Waals surface area contributed by atoms with Crippen molar-refractivity contribution in [1.29, 1.82) is 0 Å². The maximum Gasteiger partial charge on any atom is 0.0849 e. The maximum absolute atomic E-state index is 10.6. The minimum absolute atomic E-state index is 0.107. The van der Waals surface area contributed by atoms with Gasteiger partial charge in [-0.05, 0) is 18.1 Å². The van der Waals surface area contributed by atoms with E-state index in [1.807, 2.05) is 60.7 Å². The van der Waals surface area contributed by atoms with Crippen LogP contribution in [0.5, 0.6) is 0 Å². The highest BCUT2D eigenvalue weighted by Gasteiger charge is 2.32. The van der Waals surface area contributed by atoms with Gasteiger partial charge in [0.25, 0.3) is 0 Å². The summed E-state index contributed by atoms with van der Waals surface area (Å²) in [7, 11) is 0. The number of aliphatic hydroxyl groups is 1. The van der Waals surface area contributed by atoms with Gasteiger partial charge in [0.05, 0.1) is 5.60 Å². The molecule has 0 bridgehead atoms. The van der Waals surface area contributed by atoms with Crippen LogP contribution in [-0.2, 0) is 0 Å². The molecule has 18 heavy (non-hydrogen) atoms. The average Bonchev–Trinajstić information content (AvgIpc) is 2.41. The van der Waals surface area contributed by atoms with Crippen LogP contribution in [0.4, 0.5) is 0 Å². The third kappa shape index (κ3) is 2.61. The number of hydrogen-bond acceptors (Lipinski definition) is 2. The molecule has 1 atom stereocenters. The zero-order valence-corrected chi connectivity index (χ0v) is 10.6. The number of hydrogen-bond donors (Lipinski definition) is 2. The number of nitrogens with two attached hydrogens (primary N) is 1. The van der Waals surface area contributed by atoms with Crippen LogP contribution in [0.25, 0.3) is 0 Å². The molecule has 3 N–H and O–H groups in total. The Morgan fingerprint density at radius 3 is 1.67 bits per heavy atom. The quantitative estimate of drug-likeness (QED) is 0.864. The third-order valence-electron chi connectivity index (χ3n) is 3.30. The first kappa shape index (κ1) is 12.8. The second-order valence-electron chi connectivity index (χ2n) is 4.82. The van der Waals surface area contributed by atoms with Crippen molar-refractivity contribution < 1.29 is 5.11 Å². The lowest BCUT2D eigenvalue weighted by Gasteiger charge is -2.32. The lowest BCUT2D eigenvalue weighted by atomic mass is 9.78. The molecule has 0 aliphatic heterocycles. The Bertz CT molecular complexity index is 439. The van der Waals surface area contributed by atoms with Crippen LogP contribution >= 0.6 is 0 Å². The molecule has 2 aromatic carbocycles. The SMILES string of the molecule is C[C@](O)(CN)C(c1ccccc1)c1ccccc1. The lowest BCUT2D eigenvalue weighted by Crippen LogP contribution is -2.41. The molecule has 0 aliphatic rings. The highest BCUT2D eigenvalue weighted by Crippen LogP contribution is 2.34. The van der Waals surface area contributed by atoms with Crippen molar-refractivity contribution >= 4 is 0 Å². The molecule has 0 radical (unpaired) electrons. The van der Waals surface area contributed by atoms with Gasteiger partial charge in [-0.2, -0.15) is 0 Å². The van der Waals surface area contributed by atoms with E-state index < -0.39 is 5.60 Å². The third-order valence-corrected chi connectivity index (χ3v) is 3.30. The molecule has 0 saturated heterocycles. The molecule has 2 nitrogen and oxygen atoms in total. The largest absolute Gasteiger partial charge is 0.388 e. The van der Waals surface area contributed by atoms with Crippen molar-refractivity contribution in [2.24, 2.45) is 5.73 Å². The predicted molar refractivity (Wildman–Crippen MR) is 74.4 cm³/mol. The van der Waals surface area contributed by atoms with Crippen LogP contribution in [-0.4, -0.2) is 17.3 Å². The fourth-order valence-corrected chi connectivity index (χ4v) is 2.32. The van der Waals surface area contributed by atoms with E-state index in [0.717, 1.165) is 11.1 Å². The molecule has 0 aliphatic carbocycles. The molecule has 0 spiro atoms. The predicted octanol–water partition coefficient (Wildman–Crippen LogP) is 2.53. The minimum Gasteiger partial charge on any atom is -0.388 e. The minimum atomic E-state index is -0.956. The van der Waals surface area contributed by atoms with Gasteiger partial charge in [-0.3, -0.25) is 0 Å². The molecule has 0 amide bonds. The van der Waals surface area contributed by atoms with Crippen LogP contribution in [0, 0.1) is 0 Å². The van der Waals surface area contributed by atoms with Crippen LogP contribution < -0.4 is 5.73 Å². The first-order valence-electron chi connectivity index (χ1n) is 6.17. The van der Waals surface area contributed by atoms with E-state index in [0.29, 0.717) is 0 Å². The smallest absolute Gasteiger partial charge is 0.0849 e. The van der Waals surface area contributed by atoms with E-state index in [-0.39, 0.29) is 12.5 Å². The van der Waals surface area contributed by atoms with Crippen molar-refractivity contribution in [1.82, 2.24) is 0 Å². The first-order chi connectivity index (χ1) is 8.65. The number of benzene rings is 2. The summed E-state index contributed by atoms with van der Waals surface area (Å²) in [4.78, 5) is 0. The molecular formula is C16H19NO. The molecule has 0 heterocycles. The summed E-state index contributed by atoms with van der Waals surface area (Å²) in [5.74, 6) is -0.107. The van der Waals surface area contributed by atoms with Crippen molar-refractivity contribution in [3.63, 3.8) is 0 Å². The molecule has 0 saturated carbocycles. The van der Waals surface area contributed by atoms with Gasteiger partial charge in [-0.1, -0.05) is 60.7 Å². The molecule has 94 valence electrons. The zero-order valence-electron chi connectivity index (χ0n) is 10.6. The van der Waals surface area contributed by atoms with Gasteiger partial charge in [0, 0.05) is 12.5 Å². The molecule has 0 unspecified atom stereocenters. The summed E-state index contributed by atoms with van der Waals surface area (Å²) < 4.78 is 0. The highest BCUT2D eigenvalue weighted by atomic mass is 16.3. The summed E-state index contributed by atoms with van der Waals surface area (Å²) in [6.07, 6.45) is 0. The fraction of sp³-hybridized carbons (Fsp3) is 0.250. The Labute approximate surface area is 108 Å². The van der Waals surface area contributed by atoms with Crippen LogP contribution in [0.15, 0.2) is 60.7 Å². The zero-order chi connectivity index (χ0) is 13.0. The van der Waals surface area contributed by atoms with Gasteiger partial charge in [-0.15, -0.1) is 0 Å². The standard InChI is InChI=1S/C16H19NO/c1-16(18,12-17)15(13-8-4-2-5-9-13)14-10-6-3-7-11-14/h2-11,15,18H,12,17H2,1H3/t16-/m0/s1. The van der Waals surface area contributed by atoms with E-state index in [2.05, 4.69) is 0 Å². The molecule has 2 heteroatoms. The highest BCUT2D eigenvalue weighted by molar-refractivity contribution is 5.35. The fourth-order valence-electron chi connectivity index (χ4n) is 2.32. The van der Waals surface area contributed by atoms with Crippen molar-refractivity contribution in [3.05, 3.63) is 71.8 Å². The second-order valence-corrected chi connectivity index (χ2v) is 4.82. The maximum atomic E-state index is 10.6. The summed E-state index contributed by atoms with van der Waals surface area (Å²) in [6, 6.07) is 20.0. The normalized spacial score (nSPS) is 14.4. The van der Waals surface area contributed by atoms with E-state index in [4.69, 9.17) is 5.73 Å². The van der Waals surface area contributed by atoms with Crippen molar-refractivity contribution in [2.45, 2.75) is 18.4 Å². The van der Waals surface area contributed by atoms with Gasteiger partial charge in [0.15, 0.2) is 0 Å². The molecule has 0 fully saturated rings. The van der Waals surface area contributed by atoms with Crippen LogP contribution in [0.1, 0.15) is 24.0 Å². The Kier molecular flexibility index (Phi) is 3.80. The average molecular weight is 241 g/mol. The van der Waals surface area contributed by atoms with Crippen LogP contribution in [0.3, 0.4) is 0 Å². The van der Waals surface area contributed by atoms with E-state index in [1.54, 1.807) is 6.92 Å². The Morgan fingerprint density at radius 2 is 1.33 bits per heavy atom. The summed E-state index contributed by atoms with van der Waals surface area (Å²) in [5, 5.41) is 10.6. The number of rotatable bonds is 4. The topological polar surface area (TPSA) is 46.2 Å². The second kappa shape index (κ2) is 5.34. The molecular weight excluding hydrogens is 222 g/mol. The Morgan fingerprint density at radius 1 is 0.944 bits per heavy atom.